The maximum absolute atomic E-state index is 9.49. The zero-order valence-corrected chi connectivity index (χ0v) is 12.5. The van der Waals surface area contributed by atoms with Crippen LogP contribution in [0.25, 0.3) is 0 Å². The average molecular weight is 320 g/mol. The zero-order valence-electron chi connectivity index (χ0n) is 10.9. The van der Waals surface area contributed by atoms with Gasteiger partial charge in [0, 0.05) is 10.5 Å². The Bertz CT molecular complexity index is 525. The van der Waals surface area contributed by atoms with E-state index >= 15 is 0 Å². The quantitative estimate of drug-likeness (QED) is 0.883. The third-order valence-electron chi connectivity index (χ3n) is 3.20. The summed E-state index contributed by atoms with van der Waals surface area (Å²) in [5.74, 6) is 0.330. The number of rotatable bonds is 5. The van der Waals surface area contributed by atoms with Crippen molar-refractivity contribution in [1.82, 2.24) is 5.32 Å². The molecule has 1 unspecified atom stereocenters. The SMILES string of the molecule is CNC(Cc1ccc(Br)cc1)Cc1cccc(O)c1. The molecule has 0 bridgehead atoms. The van der Waals surface area contributed by atoms with Gasteiger partial charge in [0.05, 0.1) is 0 Å². The predicted octanol–water partition coefficient (Wildman–Crippen LogP) is 3.53. The van der Waals surface area contributed by atoms with Crippen molar-refractivity contribution in [3.05, 3.63) is 64.1 Å². The lowest BCUT2D eigenvalue weighted by Crippen LogP contribution is -2.29. The molecule has 0 aromatic heterocycles. The standard InChI is InChI=1S/C16H18BrNO/c1-18-15(9-12-5-7-14(17)8-6-12)10-13-3-2-4-16(19)11-13/h2-8,11,15,18-19H,9-10H2,1H3. The summed E-state index contributed by atoms with van der Waals surface area (Å²) in [6.45, 7) is 0. The topological polar surface area (TPSA) is 32.3 Å². The molecular formula is C16H18BrNO. The normalized spacial score (nSPS) is 12.3. The molecule has 0 heterocycles. The van der Waals surface area contributed by atoms with Gasteiger partial charge in [0.15, 0.2) is 0 Å². The van der Waals surface area contributed by atoms with E-state index in [0.29, 0.717) is 11.8 Å². The summed E-state index contributed by atoms with van der Waals surface area (Å²) in [7, 11) is 1.98. The van der Waals surface area contributed by atoms with E-state index in [2.05, 4.69) is 45.5 Å². The number of benzene rings is 2. The van der Waals surface area contributed by atoms with Gasteiger partial charge in [-0.2, -0.15) is 0 Å². The van der Waals surface area contributed by atoms with E-state index in [1.807, 2.05) is 25.2 Å². The molecule has 0 spiro atoms. The van der Waals surface area contributed by atoms with Crippen LogP contribution in [0.1, 0.15) is 11.1 Å². The Balaban J connectivity index is 2.02. The molecule has 0 saturated heterocycles. The summed E-state index contributed by atoms with van der Waals surface area (Å²) in [4.78, 5) is 0. The lowest BCUT2D eigenvalue weighted by Gasteiger charge is -2.16. The van der Waals surface area contributed by atoms with E-state index in [1.54, 1.807) is 6.07 Å². The molecule has 2 aromatic carbocycles. The molecule has 2 N–H and O–H groups in total. The van der Waals surface area contributed by atoms with Crippen molar-refractivity contribution in [2.24, 2.45) is 0 Å². The number of phenolic OH excluding ortho intramolecular Hbond substituents is 1. The molecule has 1 atom stereocenters. The van der Waals surface area contributed by atoms with E-state index in [1.165, 1.54) is 5.56 Å². The minimum atomic E-state index is 0.330. The first kappa shape index (κ1) is 14.1. The summed E-state index contributed by atoms with van der Waals surface area (Å²) in [5, 5.41) is 12.8. The molecular weight excluding hydrogens is 302 g/mol. The second-order valence-corrected chi connectivity index (χ2v) is 5.61. The summed E-state index contributed by atoms with van der Waals surface area (Å²) < 4.78 is 1.10. The molecule has 0 aliphatic carbocycles. The van der Waals surface area contributed by atoms with Gasteiger partial charge in [-0.3, -0.25) is 0 Å². The Hall–Kier alpha value is -1.32. The van der Waals surface area contributed by atoms with E-state index < -0.39 is 0 Å². The highest BCUT2D eigenvalue weighted by Crippen LogP contribution is 2.16. The first-order valence-corrected chi connectivity index (χ1v) is 7.16. The molecule has 0 fully saturated rings. The van der Waals surface area contributed by atoms with Crippen LogP contribution in [-0.4, -0.2) is 18.2 Å². The minimum absolute atomic E-state index is 0.330. The largest absolute Gasteiger partial charge is 0.508 e. The fraction of sp³-hybridized carbons (Fsp3) is 0.250. The highest BCUT2D eigenvalue weighted by Gasteiger charge is 2.08. The van der Waals surface area contributed by atoms with Crippen LogP contribution in [0.2, 0.25) is 0 Å². The van der Waals surface area contributed by atoms with Crippen molar-refractivity contribution < 1.29 is 5.11 Å². The summed E-state index contributed by atoms with van der Waals surface area (Å²) in [6, 6.07) is 16.2. The molecule has 0 aliphatic heterocycles. The van der Waals surface area contributed by atoms with E-state index in [9.17, 15) is 5.11 Å². The first-order chi connectivity index (χ1) is 9.17. The van der Waals surface area contributed by atoms with Crippen LogP contribution in [0.5, 0.6) is 5.75 Å². The van der Waals surface area contributed by atoms with Crippen LogP contribution < -0.4 is 5.32 Å². The van der Waals surface area contributed by atoms with Crippen LogP contribution in [0, 0.1) is 0 Å². The van der Waals surface area contributed by atoms with Crippen molar-refractivity contribution in [1.29, 1.82) is 0 Å². The molecule has 0 aliphatic rings. The second-order valence-electron chi connectivity index (χ2n) is 4.69. The number of hydrogen-bond acceptors (Lipinski definition) is 2. The van der Waals surface area contributed by atoms with Gasteiger partial charge in [0.2, 0.25) is 0 Å². The molecule has 2 nitrogen and oxygen atoms in total. The predicted molar refractivity (Wildman–Crippen MR) is 82.5 cm³/mol. The number of nitrogens with one attached hydrogen (secondary N) is 1. The smallest absolute Gasteiger partial charge is 0.115 e. The van der Waals surface area contributed by atoms with E-state index in [0.717, 1.165) is 22.9 Å². The van der Waals surface area contributed by atoms with Crippen molar-refractivity contribution >= 4 is 15.9 Å². The molecule has 0 amide bonds. The molecule has 3 heteroatoms. The van der Waals surface area contributed by atoms with Gasteiger partial charge < -0.3 is 10.4 Å². The highest BCUT2D eigenvalue weighted by molar-refractivity contribution is 9.10. The molecule has 0 radical (unpaired) electrons. The summed E-state index contributed by atoms with van der Waals surface area (Å²) in [6.07, 6.45) is 1.88. The number of phenols is 1. The number of likely N-dealkylation sites (N-methyl/N-ethyl adjacent to an activating group) is 1. The van der Waals surface area contributed by atoms with Crippen molar-refractivity contribution in [3.63, 3.8) is 0 Å². The van der Waals surface area contributed by atoms with Crippen LogP contribution in [0.3, 0.4) is 0 Å². The molecule has 19 heavy (non-hydrogen) atoms. The molecule has 2 aromatic rings. The Labute approximate surface area is 122 Å². The zero-order chi connectivity index (χ0) is 13.7. The Morgan fingerprint density at radius 1 is 1.05 bits per heavy atom. The fourth-order valence-electron chi connectivity index (χ4n) is 2.15. The van der Waals surface area contributed by atoms with Gasteiger partial charge in [-0.05, 0) is 55.3 Å². The van der Waals surface area contributed by atoms with Crippen molar-refractivity contribution in [3.8, 4) is 5.75 Å². The second kappa shape index (κ2) is 6.73. The number of aromatic hydroxyl groups is 1. The molecule has 2 rings (SSSR count). The van der Waals surface area contributed by atoms with Crippen LogP contribution in [0.15, 0.2) is 53.0 Å². The van der Waals surface area contributed by atoms with E-state index in [4.69, 9.17) is 0 Å². The first-order valence-electron chi connectivity index (χ1n) is 6.37. The Morgan fingerprint density at radius 2 is 1.74 bits per heavy atom. The fourth-order valence-corrected chi connectivity index (χ4v) is 2.41. The van der Waals surface area contributed by atoms with E-state index in [-0.39, 0.29) is 0 Å². The van der Waals surface area contributed by atoms with Gasteiger partial charge in [0.1, 0.15) is 5.75 Å². The van der Waals surface area contributed by atoms with Crippen molar-refractivity contribution in [2.45, 2.75) is 18.9 Å². The van der Waals surface area contributed by atoms with Gasteiger partial charge in [-0.1, -0.05) is 40.2 Å². The van der Waals surface area contributed by atoms with Crippen LogP contribution >= 0.6 is 15.9 Å². The monoisotopic (exact) mass is 319 g/mol. The average Bonchev–Trinajstić information content (AvgIpc) is 2.40. The Morgan fingerprint density at radius 3 is 2.37 bits per heavy atom. The van der Waals surface area contributed by atoms with Gasteiger partial charge >= 0.3 is 0 Å². The third-order valence-corrected chi connectivity index (χ3v) is 3.72. The Kier molecular flexibility index (Phi) is 5.00. The summed E-state index contributed by atoms with van der Waals surface area (Å²) >= 11 is 3.45. The van der Waals surface area contributed by atoms with Crippen LogP contribution in [-0.2, 0) is 12.8 Å². The van der Waals surface area contributed by atoms with Crippen LogP contribution in [0.4, 0.5) is 0 Å². The summed E-state index contributed by atoms with van der Waals surface area (Å²) in [5.41, 5.74) is 2.46. The lowest BCUT2D eigenvalue weighted by molar-refractivity contribution is 0.473. The van der Waals surface area contributed by atoms with Gasteiger partial charge in [-0.15, -0.1) is 0 Å². The lowest BCUT2D eigenvalue weighted by atomic mass is 9.99. The third kappa shape index (κ3) is 4.37. The highest BCUT2D eigenvalue weighted by atomic mass is 79.9. The van der Waals surface area contributed by atoms with Gasteiger partial charge in [0.25, 0.3) is 0 Å². The maximum Gasteiger partial charge on any atom is 0.115 e. The molecule has 100 valence electrons. The van der Waals surface area contributed by atoms with Crippen molar-refractivity contribution in [2.75, 3.05) is 7.05 Å². The minimum Gasteiger partial charge on any atom is -0.508 e. The number of halogens is 1. The molecule has 0 saturated carbocycles. The van der Waals surface area contributed by atoms with Gasteiger partial charge in [-0.25, -0.2) is 0 Å². The number of hydrogen-bond donors (Lipinski definition) is 2. The maximum atomic E-state index is 9.49.